The highest BCUT2D eigenvalue weighted by Crippen LogP contribution is 2.29. The zero-order valence-electron chi connectivity index (χ0n) is 20.7. The van der Waals surface area contributed by atoms with Crippen LogP contribution in [0.15, 0.2) is 83.8 Å². The zero-order chi connectivity index (χ0) is 27.6. The molecule has 1 aliphatic heterocycles. The van der Waals surface area contributed by atoms with Gasteiger partial charge in [0.2, 0.25) is 10.0 Å². The van der Waals surface area contributed by atoms with Crippen LogP contribution in [0.5, 0.6) is 0 Å². The maximum Gasteiger partial charge on any atom is 0.281 e. The monoisotopic (exact) mass is 547 g/mol. The van der Waals surface area contributed by atoms with Crippen molar-refractivity contribution in [1.29, 1.82) is 5.26 Å². The van der Waals surface area contributed by atoms with Crippen molar-refractivity contribution in [2.45, 2.75) is 5.75 Å². The summed E-state index contributed by atoms with van der Waals surface area (Å²) in [5, 5.41) is 13.6. The van der Waals surface area contributed by atoms with Gasteiger partial charge in [0, 0.05) is 32.2 Å². The number of rotatable bonds is 6. The molecule has 0 unspecified atom stereocenters. The summed E-state index contributed by atoms with van der Waals surface area (Å²) in [5.74, 6) is -1.82. The molecule has 0 saturated carbocycles. The number of halogens is 2. The molecule has 11 heteroatoms. The Hall–Kier alpha value is -4.40. The molecule has 1 fully saturated rings. The molecule has 1 aromatic heterocycles. The molecule has 1 saturated heterocycles. The Kier molecular flexibility index (Phi) is 7.24. The number of anilines is 1. The van der Waals surface area contributed by atoms with E-state index in [0.717, 1.165) is 16.8 Å². The Morgan fingerprint density at radius 1 is 0.897 bits per heavy atom. The number of benzene rings is 3. The first kappa shape index (κ1) is 26.2. The smallest absolute Gasteiger partial charge is 0.281 e. The predicted octanol–water partition coefficient (Wildman–Crippen LogP) is 3.70. The van der Waals surface area contributed by atoms with Crippen LogP contribution >= 0.6 is 0 Å². The molecule has 39 heavy (non-hydrogen) atoms. The van der Waals surface area contributed by atoms with E-state index in [-0.39, 0.29) is 30.1 Å². The van der Waals surface area contributed by atoms with E-state index < -0.39 is 27.2 Å². The summed E-state index contributed by atoms with van der Waals surface area (Å²) in [7, 11) is -3.55. The van der Waals surface area contributed by atoms with E-state index in [9.17, 15) is 27.3 Å². The lowest BCUT2D eigenvalue weighted by atomic mass is 10.0. The van der Waals surface area contributed by atoms with Crippen LogP contribution in [0.2, 0.25) is 0 Å². The number of piperazine rings is 1. The fourth-order valence-electron chi connectivity index (χ4n) is 4.63. The zero-order valence-corrected chi connectivity index (χ0v) is 21.5. The van der Waals surface area contributed by atoms with Crippen LogP contribution < -0.4 is 10.5 Å². The first-order valence-corrected chi connectivity index (χ1v) is 13.7. The number of sulfonamides is 1. The van der Waals surface area contributed by atoms with Crippen LogP contribution in [0.1, 0.15) is 11.1 Å². The summed E-state index contributed by atoms with van der Waals surface area (Å²) < 4.78 is 56.2. The summed E-state index contributed by atoms with van der Waals surface area (Å²) in [4.78, 5) is 15.6. The molecule has 0 radical (unpaired) electrons. The van der Waals surface area contributed by atoms with Gasteiger partial charge < -0.3 is 4.90 Å². The van der Waals surface area contributed by atoms with Gasteiger partial charge in [-0.3, -0.25) is 4.79 Å². The first-order chi connectivity index (χ1) is 18.7. The van der Waals surface area contributed by atoms with E-state index in [4.69, 9.17) is 0 Å². The molecule has 4 aromatic rings. The Morgan fingerprint density at radius 3 is 2.26 bits per heavy atom. The van der Waals surface area contributed by atoms with Crippen molar-refractivity contribution >= 4 is 15.7 Å². The van der Waals surface area contributed by atoms with Gasteiger partial charge in [0.1, 0.15) is 11.6 Å². The van der Waals surface area contributed by atoms with Crippen LogP contribution in [0.4, 0.5) is 14.5 Å². The van der Waals surface area contributed by atoms with Crippen molar-refractivity contribution in [3.8, 4) is 22.9 Å². The maximum absolute atomic E-state index is 13.9. The second kappa shape index (κ2) is 10.8. The van der Waals surface area contributed by atoms with Crippen LogP contribution in [0.3, 0.4) is 0 Å². The summed E-state index contributed by atoms with van der Waals surface area (Å²) in [5.41, 5.74) is 1.36. The normalized spacial score (nSPS) is 14.2. The summed E-state index contributed by atoms with van der Waals surface area (Å²) >= 11 is 0. The second-order valence-corrected chi connectivity index (χ2v) is 11.0. The molecule has 0 bridgehead atoms. The van der Waals surface area contributed by atoms with E-state index in [1.54, 1.807) is 48.5 Å². The lowest BCUT2D eigenvalue weighted by Crippen LogP contribution is -2.49. The minimum absolute atomic E-state index is 0.0847. The van der Waals surface area contributed by atoms with Crippen molar-refractivity contribution in [3.05, 3.63) is 112 Å². The number of nitriles is 1. The van der Waals surface area contributed by atoms with Crippen molar-refractivity contribution < 1.29 is 17.2 Å². The highest BCUT2D eigenvalue weighted by atomic mass is 32.2. The van der Waals surface area contributed by atoms with E-state index in [2.05, 4.69) is 5.10 Å². The third-order valence-electron chi connectivity index (χ3n) is 6.49. The largest absolute Gasteiger partial charge is 0.367 e. The molecule has 5 rings (SSSR count). The van der Waals surface area contributed by atoms with E-state index in [1.807, 2.05) is 17.0 Å². The Morgan fingerprint density at radius 2 is 1.59 bits per heavy atom. The molecule has 0 N–H and O–H groups in total. The van der Waals surface area contributed by atoms with Crippen molar-refractivity contribution in [2.75, 3.05) is 31.1 Å². The molecule has 8 nitrogen and oxygen atoms in total. The molecule has 3 aromatic carbocycles. The third-order valence-corrected chi connectivity index (χ3v) is 8.34. The third kappa shape index (κ3) is 5.57. The van der Waals surface area contributed by atoms with Gasteiger partial charge in [-0.15, -0.1) is 0 Å². The molecule has 0 atom stereocenters. The van der Waals surface area contributed by atoms with Gasteiger partial charge in [0.15, 0.2) is 0 Å². The average Bonchev–Trinajstić information content (AvgIpc) is 2.92. The Labute approximate surface area is 224 Å². The van der Waals surface area contributed by atoms with Crippen LogP contribution in [0, 0.1) is 23.0 Å². The quantitative estimate of drug-likeness (QED) is 0.365. The molecule has 1 aliphatic rings. The second-order valence-electron chi connectivity index (χ2n) is 9.07. The SMILES string of the molecule is N#Cc1cccc(-c2c(N3CCN(S(=O)(=O)Cc4ccccc4)CC3)cnn(-c3cc(F)cc(F)c3)c2=O)c1. The Balaban J connectivity index is 1.50. The molecule has 0 spiro atoms. The highest BCUT2D eigenvalue weighted by Gasteiger charge is 2.29. The van der Waals surface area contributed by atoms with E-state index in [1.165, 1.54) is 10.5 Å². The van der Waals surface area contributed by atoms with Crippen molar-refractivity contribution in [3.63, 3.8) is 0 Å². The minimum atomic E-state index is -3.55. The van der Waals surface area contributed by atoms with E-state index >= 15 is 0 Å². The van der Waals surface area contributed by atoms with Crippen molar-refractivity contribution in [2.24, 2.45) is 0 Å². The van der Waals surface area contributed by atoms with Gasteiger partial charge in [-0.25, -0.2) is 17.2 Å². The molecule has 198 valence electrons. The molecular formula is C28H23F2N5O3S. The predicted molar refractivity (Wildman–Crippen MR) is 143 cm³/mol. The van der Waals surface area contributed by atoms with Gasteiger partial charge in [-0.1, -0.05) is 42.5 Å². The lowest BCUT2D eigenvalue weighted by molar-refractivity contribution is 0.384. The Bertz CT molecular complexity index is 1710. The average molecular weight is 548 g/mol. The lowest BCUT2D eigenvalue weighted by Gasteiger charge is -2.36. The molecule has 0 amide bonds. The molecule has 0 aliphatic carbocycles. The fourth-order valence-corrected chi connectivity index (χ4v) is 6.14. The summed E-state index contributed by atoms with van der Waals surface area (Å²) in [6, 6.07) is 20.1. The van der Waals surface area contributed by atoms with Gasteiger partial charge >= 0.3 is 0 Å². The van der Waals surface area contributed by atoms with E-state index in [0.29, 0.717) is 41.5 Å². The van der Waals surface area contributed by atoms with Crippen LogP contribution in [-0.2, 0) is 15.8 Å². The standard InChI is InChI=1S/C28H23F2N5O3S/c29-23-14-24(30)16-25(15-23)35-28(36)27(22-8-4-7-21(13-22)17-31)26(18-32-35)33-9-11-34(12-10-33)39(37,38)19-20-5-2-1-3-6-20/h1-8,13-16,18H,9-12,19H2. The fraction of sp³-hybridized carbons (Fsp3) is 0.179. The maximum atomic E-state index is 13.9. The van der Waals surface area contributed by atoms with Gasteiger partial charge in [0.05, 0.1) is 40.5 Å². The number of hydrogen-bond donors (Lipinski definition) is 0. The molecule has 2 heterocycles. The molecular weight excluding hydrogens is 524 g/mol. The van der Waals surface area contributed by atoms with Gasteiger partial charge in [0.25, 0.3) is 5.56 Å². The number of aromatic nitrogens is 2. The first-order valence-electron chi connectivity index (χ1n) is 12.1. The number of nitrogens with zero attached hydrogens (tertiary/aromatic N) is 5. The minimum Gasteiger partial charge on any atom is -0.367 e. The topological polar surface area (TPSA) is 99.3 Å². The number of hydrogen-bond acceptors (Lipinski definition) is 6. The van der Waals surface area contributed by atoms with Gasteiger partial charge in [-0.2, -0.15) is 19.3 Å². The summed E-state index contributed by atoms with van der Waals surface area (Å²) in [6.07, 6.45) is 1.42. The van der Waals surface area contributed by atoms with Gasteiger partial charge in [-0.05, 0) is 35.4 Å². The highest BCUT2D eigenvalue weighted by molar-refractivity contribution is 7.88. The van der Waals surface area contributed by atoms with Crippen LogP contribution in [0.25, 0.3) is 16.8 Å². The summed E-state index contributed by atoms with van der Waals surface area (Å²) in [6.45, 7) is 0.980. The van der Waals surface area contributed by atoms with Crippen molar-refractivity contribution in [1.82, 2.24) is 14.1 Å². The van der Waals surface area contributed by atoms with Crippen LogP contribution in [-0.4, -0.2) is 48.7 Å².